The molecule has 1 aliphatic heterocycles. The van der Waals surface area contributed by atoms with E-state index in [2.05, 4.69) is 16.3 Å². The van der Waals surface area contributed by atoms with Gasteiger partial charge in [0.25, 0.3) is 0 Å². The van der Waals surface area contributed by atoms with E-state index < -0.39 is 0 Å². The fraction of sp³-hybridized carbons (Fsp3) is 0.562. The van der Waals surface area contributed by atoms with Crippen molar-refractivity contribution in [3.8, 4) is 0 Å². The Balaban J connectivity index is 2.09. The minimum atomic E-state index is -0.360. The van der Waals surface area contributed by atoms with Crippen LogP contribution in [0.25, 0.3) is 0 Å². The van der Waals surface area contributed by atoms with Gasteiger partial charge in [0.1, 0.15) is 0 Å². The smallest absolute Gasteiger partial charge is 0.229 e. The maximum Gasteiger partial charge on any atom is 0.229 e. The molecule has 0 atom stereocenters. The first kappa shape index (κ1) is 14.1. The molecule has 104 valence electrons. The minimum Gasteiger partial charge on any atom is -0.325 e. The number of nitrogens with zero attached hydrogens (tertiary/aromatic N) is 1. The average molecular weight is 260 g/mol. The van der Waals surface area contributed by atoms with Crippen molar-refractivity contribution in [2.45, 2.75) is 40.2 Å². The van der Waals surface area contributed by atoms with Gasteiger partial charge in [-0.15, -0.1) is 0 Å². The Morgan fingerprint density at radius 3 is 2.47 bits per heavy atom. The molecule has 3 nitrogen and oxygen atoms in total. The molecule has 1 amide bonds. The third-order valence-corrected chi connectivity index (χ3v) is 3.54. The van der Waals surface area contributed by atoms with Crippen molar-refractivity contribution in [3.05, 3.63) is 29.8 Å². The first-order chi connectivity index (χ1) is 8.97. The van der Waals surface area contributed by atoms with Gasteiger partial charge in [0.05, 0.1) is 0 Å². The van der Waals surface area contributed by atoms with Crippen molar-refractivity contribution in [2.75, 3.05) is 18.4 Å². The second kappa shape index (κ2) is 5.74. The van der Waals surface area contributed by atoms with Gasteiger partial charge >= 0.3 is 0 Å². The molecule has 0 aromatic heterocycles. The molecule has 1 heterocycles. The first-order valence-corrected chi connectivity index (χ1v) is 7.08. The standard InChI is InChI=1S/C16H24N2O/c1-16(2,3)15(19)17-14-9-5-4-8-13(14)12-18-10-6-7-11-18/h4-5,8-9H,6-7,10-12H2,1-3H3,(H,17,19). The molecule has 1 aromatic carbocycles. The average Bonchev–Trinajstić information content (AvgIpc) is 2.83. The van der Waals surface area contributed by atoms with Gasteiger partial charge in [-0.2, -0.15) is 0 Å². The summed E-state index contributed by atoms with van der Waals surface area (Å²) in [6.07, 6.45) is 2.58. The van der Waals surface area contributed by atoms with Gasteiger partial charge in [-0.25, -0.2) is 0 Å². The quantitative estimate of drug-likeness (QED) is 0.904. The number of para-hydroxylation sites is 1. The molecule has 3 heteroatoms. The van der Waals surface area contributed by atoms with E-state index in [1.54, 1.807) is 0 Å². The van der Waals surface area contributed by atoms with Crippen molar-refractivity contribution in [3.63, 3.8) is 0 Å². The Morgan fingerprint density at radius 2 is 1.84 bits per heavy atom. The van der Waals surface area contributed by atoms with Crippen molar-refractivity contribution in [2.24, 2.45) is 5.41 Å². The molecule has 1 aliphatic rings. The second-order valence-corrected chi connectivity index (χ2v) is 6.34. The molecule has 0 bridgehead atoms. The second-order valence-electron chi connectivity index (χ2n) is 6.34. The largest absolute Gasteiger partial charge is 0.325 e. The fourth-order valence-electron chi connectivity index (χ4n) is 2.27. The molecular formula is C16H24N2O. The van der Waals surface area contributed by atoms with Crippen LogP contribution in [0.4, 0.5) is 5.69 Å². The SMILES string of the molecule is CC(C)(C)C(=O)Nc1ccccc1CN1CCCC1. The van der Waals surface area contributed by atoms with E-state index in [0.29, 0.717) is 0 Å². The molecule has 1 N–H and O–H groups in total. The van der Waals surface area contributed by atoms with E-state index in [4.69, 9.17) is 0 Å². The lowest BCUT2D eigenvalue weighted by atomic mass is 9.95. The lowest BCUT2D eigenvalue weighted by Crippen LogP contribution is -2.28. The number of benzene rings is 1. The predicted octanol–water partition coefficient (Wildman–Crippen LogP) is 3.27. The molecule has 0 unspecified atom stereocenters. The van der Waals surface area contributed by atoms with Crippen molar-refractivity contribution in [1.29, 1.82) is 0 Å². The van der Waals surface area contributed by atoms with Crippen LogP contribution in [0.1, 0.15) is 39.2 Å². The molecule has 0 spiro atoms. The summed E-state index contributed by atoms with van der Waals surface area (Å²) in [5.74, 6) is 0.0707. The maximum atomic E-state index is 12.1. The number of hydrogen-bond donors (Lipinski definition) is 1. The van der Waals surface area contributed by atoms with Crippen LogP contribution in [-0.2, 0) is 11.3 Å². The first-order valence-electron chi connectivity index (χ1n) is 7.08. The highest BCUT2D eigenvalue weighted by molar-refractivity contribution is 5.95. The Morgan fingerprint density at radius 1 is 1.21 bits per heavy atom. The van der Waals surface area contributed by atoms with Gasteiger partial charge in [0.2, 0.25) is 5.91 Å². The Bertz CT molecular complexity index is 442. The van der Waals surface area contributed by atoms with Crippen LogP contribution < -0.4 is 5.32 Å². The lowest BCUT2D eigenvalue weighted by molar-refractivity contribution is -0.123. The van der Waals surface area contributed by atoms with Crippen molar-refractivity contribution in [1.82, 2.24) is 4.90 Å². The fourth-order valence-corrected chi connectivity index (χ4v) is 2.27. The van der Waals surface area contributed by atoms with Crippen LogP contribution in [-0.4, -0.2) is 23.9 Å². The summed E-state index contributed by atoms with van der Waals surface area (Å²) >= 11 is 0. The van der Waals surface area contributed by atoms with Crippen LogP contribution >= 0.6 is 0 Å². The highest BCUT2D eigenvalue weighted by Gasteiger charge is 2.22. The van der Waals surface area contributed by atoms with Crippen LogP contribution in [0.2, 0.25) is 0 Å². The maximum absolute atomic E-state index is 12.1. The van der Waals surface area contributed by atoms with Gasteiger partial charge in [-0.05, 0) is 37.6 Å². The number of anilines is 1. The molecule has 0 radical (unpaired) electrons. The summed E-state index contributed by atoms with van der Waals surface area (Å²) in [5.41, 5.74) is 1.80. The van der Waals surface area contributed by atoms with E-state index in [0.717, 1.165) is 12.2 Å². The van der Waals surface area contributed by atoms with Gasteiger partial charge in [0, 0.05) is 17.6 Å². The topological polar surface area (TPSA) is 32.3 Å². The van der Waals surface area contributed by atoms with Gasteiger partial charge < -0.3 is 5.32 Å². The Labute approximate surface area is 116 Å². The van der Waals surface area contributed by atoms with Crippen LogP contribution in [0.15, 0.2) is 24.3 Å². The van der Waals surface area contributed by atoms with E-state index in [1.165, 1.54) is 31.5 Å². The van der Waals surface area contributed by atoms with E-state index in [1.807, 2.05) is 39.0 Å². The zero-order chi connectivity index (χ0) is 13.9. The Hall–Kier alpha value is -1.35. The van der Waals surface area contributed by atoms with Crippen LogP contribution in [0.3, 0.4) is 0 Å². The van der Waals surface area contributed by atoms with Gasteiger partial charge in [-0.1, -0.05) is 39.0 Å². The lowest BCUT2D eigenvalue weighted by Gasteiger charge is -2.21. The van der Waals surface area contributed by atoms with Crippen molar-refractivity contribution >= 4 is 11.6 Å². The highest BCUT2D eigenvalue weighted by Crippen LogP contribution is 2.22. The number of nitrogens with one attached hydrogen (secondary N) is 1. The highest BCUT2D eigenvalue weighted by atomic mass is 16.2. The number of amides is 1. The Kier molecular flexibility index (Phi) is 4.25. The van der Waals surface area contributed by atoms with Crippen molar-refractivity contribution < 1.29 is 4.79 Å². The number of carbonyl (C=O) groups excluding carboxylic acids is 1. The number of likely N-dealkylation sites (tertiary alicyclic amines) is 1. The third-order valence-electron chi connectivity index (χ3n) is 3.54. The summed E-state index contributed by atoms with van der Waals surface area (Å²) in [4.78, 5) is 14.5. The molecule has 1 aromatic rings. The molecule has 1 saturated heterocycles. The van der Waals surface area contributed by atoms with E-state index in [9.17, 15) is 4.79 Å². The molecule has 0 aliphatic carbocycles. The summed E-state index contributed by atoms with van der Waals surface area (Å²) < 4.78 is 0. The monoisotopic (exact) mass is 260 g/mol. The summed E-state index contributed by atoms with van der Waals surface area (Å²) in [7, 11) is 0. The summed E-state index contributed by atoms with van der Waals surface area (Å²) in [6, 6.07) is 8.12. The summed E-state index contributed by atoms with van der Waals surface area (Å²) in [5, 5.41) is 3.06. The molecule has 2 rings (SSSR count). The van der Waals surface area contributed by atoms with Gasteiger partial charge in [0.15, 0.2) is 0 Å². The molecule has 1 fully saturated rings. The molecule has 19 heavy (non-hydrogen) atoms. The number of rotatable bonds is 3. The van der Waals surface area contributed by atoms with E-state index in [-0.39, 0.29) is 11.3 Å². The normalized spacial score (nSPS) is 16.6. The number of carbonyl (C=O) groups is 1. The third kappa shape index (κ3) is 3.80. The predicted molar refractivity (Wildman–Crippen MR) is 79.0 cm³/mol. The van der Waals surface area contributed by atoms with Crippen LogP contribution in [0, 0.1) is 5.41 Å². The van der Waals surface area contributed by atoms with Crippen LogP contribution in [0.5, 0.6) is 0 Å². The van der Waals surface area contributed by atoms with Gasteiger partial charge in [-0.3, -0.25) is 9.69 Å². The summed E-state index contributed by atoms with van der Waals surface area (Å²) in [6.45, 7) is 9.08. The minimum absolute atomic E-state index is 0.0707. The molecular weight excluding hydrogens is 236 g/mol. The number of hydrogen-bond acceptors (Lipinski definition) is 2. The molecule has 0 saturated carbocycles. The van der Waals surface area contributed by atoms with E-state index >= 15 is 0 Å². The zero-order valence-corrected chi connectivity index (χ0v) is 12.2. The zero-order valence-electron chi connectivity index (χ0n) is 12.2.